The molecule has 3 rings (SSSR count). The maximum Gasteiger partial charge on any atom is 0.158 e. The first-order chi connectivity index (χ1) is 7.36. The molecule has 1 unspecified atom stereocenters. The van der Waals surface area contributed by atoms with Crippen LogP contribution in [0.15, 0.2) is 18.7 Å². The SMILES string of the molecule is Clc1cncn2c(C3CCNC3)cnc12. The summed E-state index contributed by atoms with van der Waals surface area (Å²) in [5.74, 6) is 0.528. The largest absolute Gasteiger partial charge is 0.316 e. The molecule has 0 radical (unpaired) electrons. The Labute approximate surface area is 92.3 Å². The van der Waals surface area contributed by atoms with E-state index in [2.05, 4.69) is 15.3 Å². The number of hydrogen-bond acceptors (Lipinski definition) is 3. The van der Waals surface area contributed by atoms with E-state index in [1.807, 2.05) is 10.6 Å². The predicted molar refractivity (Wildman–Crippen MR) is 58.2 cm³/mol. The van der Waals surface area contributed by atoms with Crippen LogP contribution in [0.3, 0.4) is 0 Å². The van der Waals surface area contributed by atoms with E-state index >= 15 is 0 Å². The van der Waals surface area contributed by atoms with Crippen LogP contribution in [0.5, 0.6) is 0 Å². The van der Waals surface area contributed by atoms with Gasteiger partial charge in [0.15, 0.2) is 5.65 Å². The van der Waals surface area contributed by atoms with E-state index in [0.717, 1.165) is 25.2 Å². The van der Waals surface area contributed by atoms with Crippen LogP contribution in [0.2, 0.25) is 5.02 Å². The summed E-state index contributed by atoms with van der Waals surface area (Å²) < 4.78 is 1.99. The molecule has 1 fully saturated rings. The zero-order valence-corrected chi connectivity index (χ0v) is 8.91. The highest BCUT2D eigenvalue weighted by atomic mass is 35.5. The van der Waals surface area contributed by atoms with Crippen molar-refractivity contribution in [3.63, 3.8) is 0 Å². The van der Waals surface area contributed by atoms with Crippen LogP contribution < -0.4 is 5.32 Å². The molecule has 1 N–H and O–H groups in total. The molecule has 1 atom stereocenters. The predicted octanol–water partition coefficient (Wildman–Crippen LogP) is 1.46. The number of fused-ring (bicyclic) bond motifs is 1. The Bertz CT molecular complexity index is 487. The molecular formula is C10H11ClN4. The second kappa shape index (κ2) is 3.47. The third-order valence-electron chi connectivity index (χ3n) is 2.89. The van der Waals surface area contributed by atoms with Gasteiger partial charge in [-0.3, -0.25) is 4.40 Å². The molecule has 0 aromatic carbocycles. The van der Waals surface area contributed by atoms with Crippen LogP contribution in [0.1, 0.15) is 18.0 Å². The van der Waals surface area contributed by atoms with Crippen molar-refractivity contribution >= 4 is 17.2 Å². The summed E-state index contributed by atoms with van der Waals surface area (Å²) in [5, 5.41) is 3.95. The molecule has 2 aromatic heterocycles. The van der Waals surface area contributed by atoms with Gasteiger partial charge in [0.2, 0.25) is 0 Å². The first-order valence-electron chi connectivity index (χ1n) is 5.03. The average Bonchev–Trinajstić information content (AvgIpc) is 2.85. The minimum Gasteiger partial charge on any atom is -0.316 e. The Balaban J connectivity index is 2.15. The lowest BCUT2D eigenvalue weighted by atomic mass is 10.1. The van der Waals surface area contributed by atoms with E-state index in [1.165, 1.54) is 5.69 Å². The van der Waals surface area contributed by atoms with Crippen molar-refractivity contribution < 1.29 is 0 Å². The molecule has 1 aliphatic heterocycles. The minimum atomic E-state index is 0.528. The lowest BCUT2D eigenvalue weighted by Gasteiger charge is -2.07. The molecule has 0 bridgehead atoms. The zero-order valence-electron chi connectivity index (χ0n) is 8.15. The summed E-state index contributed by atoms with van der Waals surface area (Å²) >= 11 is 6.02. The van der Waals surface area contributed by atoms with Gasteiger partial charge >= 0.3 is 0 Å². The quantitative estimate of drug-likeness (QED) is 0.795. The second-order valence-electron chi connectivity index (χ2n) is 3.81. The van der Waals surface area contributed by atoms with Crippen LogP contribution in [0, 0.1) is 0 Å². The first kappa shape index (κ1) is 9.12. The smallest absolute Gasteiger partial charge is 0.158 e. The number of halogens is 1. The number of hydrogen-bond donors (Lipinski definition) is 1. The number of aromatic nitrogens is 3. The molecule has 78 valence electrons. The van der Waals surface area contributed by atoms with E-state index in [4.69, 9.17) is 11.6 Å². The van der Waals surface area contributed by atoms with Crippen molar-refractivity contribution in [3.05, 3.63) is 29.4 Å². The van der Waals surface area contributed by atoms with Crippen molar-refractivity contribution in [1.29, 1.82) is 0 Å². The number of rotatable bonds is 1. The molecule has 15 heavy (non-hydrogen) atoms. The summed E-state index contributed by atoms with van der Waals surface area (Å²) in [6.07, 6.45) is 6.46. The Hall–Kier alpha value is -1.13. The fourth-order valence-electron chi connectivity index (χ4n) is 2.10. The van der Waals surface area contributed by atoms with E-state index in [-0.39, 0.29) is 0 Å². The Morgan fingerprint density at radius 2 is 2.40 bits per heavy atom. The normalized spacial score (nSPS) is 21.3. The molecule has 0 saturated carbocycles. The van der Waals surface area contributed by atoms with Crippen molar-refractivity contribution in [2.75, 3.05) is 13.1 Å². The van der Waals surface area contributed by atoms with Crippen molar-refractivity contribution in [3.8, 4) is 0 Å². The molecule has 2 aromatic rings. The van der Waals surface area contributed by atoms with E-state index in [9.17, 15) is 0 Å². The van der Waals surface area contributed by atoms with Gasteiger partial charge in [0.05, 0.1) is 6.20 Å². The van der Waals surface area contributed by atoms with Gasteiger partial charge in [-0.05, 0) is 13.0 Å². The van der Waals surface area contributed by atoms with Crippen LogP contribution in [-0.2, 0) is 0 Å². The standard InChI is InChI=1S/C10H11ClN4/c11-8-4-13-6-15-9(5-14-10(8)15)7-1-2-12-3-7/h4-7,12H,1-3H2. The Kier molecular flexibility index (Phi) is 2.11. The van der Waals surface area contributed by atoms with E-state index < -0.39 is 0 Å². The van der Waals surface area contributed by atoms with Gasteiger partial charge in [-0.2, -0.15) is 0 Å². The van der Waals surface area contributed by atoms with Crippen LogP contribution in [-0.4, -0.2) is 27.5 Å². The van der Waals surface area contributed by atoms with Crippen molar-refractivity contribution in [1.82, 2.24) is 19.7 Å². The maximum atomic E-state index is 6.02. The Morgan fingerprint density at radius 1 is 1.47 bits per heavy atom. The molecule has 0 aliphatic carbocycles. The van der Waals surface area contributed by atoms with Crippen molar-refractivity contribution in [2.24, 2.45) is 0 Å². The summed E-state index contributed by atoms with van der Waals surface area (Å²) in [6, 6.07) is 0. The molecule has 1 aliphatic rings. The summed E-state index contributed by atoms with van der Waals surface area (Å²) in [4.78, 5) is 8.41. The van der Waals surface area contributed by atoms with Gasteiger partial charge in [-0.15, -0.1) is 0 Å². The highest BCUT2D eigenvalue weighted by molar-refractivity contribution is 6.33. The summed E-state index contributed by atoms with van der Waals surface area (Å²) in [6.45, 7) is 2.09. The van der Waals surface area contributed by atoms with Gasteiger partial charge in [0.25, 0.3) is 0 Å². The number of imidazole rings is 1. The first-order valence-corrected chi connectivity index (χ1v) is 5.41. The van der Waals surface area contributed by atoms with Gasteiger partial charge in [0, 0.05) is 24.4 Å². The highest BCUT2D eigenvalue weighted by Crippen LogP contribution is 2.24. The van der Waals surface area contributed by atoms with E-state index in [1.54, 1.807) is 12.5 Å². The molecular weight excluding hydrogens is 212 g/mol. The lowest BCUT2D eigenvalue weighted by molar-refractivity contribution is 0.723. The minimum absolute atomic E-state index is 0.528. The zero-order chi connectivity index (χ0) is 10.3. The second-order valence-corrected chi connectivity index (χ2v) is 4.22. The highest BCUT2D eigenvalue weighted by Gasteiger charge is 2.20. The van der Waals surface area contributed by atoms with Gasteiger partial charge in [-0.25, -0.2) is 9.97 Å². The molecule has 3 heterocycles. The molecule has 1 saturated heterocycles. The monoisotopic (exact) mass is 222 g/mol. The molecule has 0 amide bonds. The average molecular weight is 223 g/mol. The summed E-state index contributed by atoms with van der Waals surface area (Å²) in [5.41, 5.74) is 2.00. The number of nitrogens with one attached hydrogen (secondary N) is 1. The summed E-state index contributed by atoms with van der Waals surface area (Å²) in [7, 11) is 0. The fraction of sp³-hybridized carbons (Fsp3) is 0.400. The maximum absolute atomic E-state index is 6.02. The van der Waals surface area contributed by atoms with Gasteiger partial charge < -0.3 is 5.32 Å². The van der Waals surface area contributed by atoms with Crippen LogP contribution in [0.25, 0.3) is 5.65 Å². The van der Waals surface area contributed by atoms with Crippen LogP contribution in [0.4, 0.5) is 0 Å². The van der Waals surface area contributed by atoms with Crippen molar-refractivity contribution in [2.45, 2.75) is 12.3 Å². The third kappa shape index (κ3) is 1.41. The van der Waals surface area contributed by atoms with E-state index in [0.29, 0.717) is 10.9 Å². The fourth-order valence-corrected chi connectivity index (χ4v) is 2.30. The van der Waals surface area contributed by atoms with Gasteiger partial charge in [-0.1, -0.05) is 11.6 Å². The molecule has 4 nitrogen and oxygen atoms in total. The topological polar surface area (TPSA) is 42.2 Å². The molecule has 5 heteroatoms. The Morgan fingerprint density at radius 3 is 3.20 bits per heavy atom. The van der Waals surface area contributed by atoms with Gasteiger partial charge in [0.1, 0.15) is 11.3 Å². The third-order valence-corrected chi connectivity index (χ3v) is 3.15. The lowest BCUT2D eigenvalue weighted by Crippen LogP contribution is -2.09. The molecule has 0 spiro atoms. The number of nitrogens with zero attached hydrogens (tertiary/aromatic N) is 3. The van der Waals surface area contributed by atoms with Crippen LogP contribution >= 0.6 is 11.6 Å².